The molecule has 0 aliphatic heterocycles. The molecule has 0 aliphatic carbocycles. The first-order valence-electron chi connectivity index (χ1n) is 6.17. The summed E-state index contributed by atoms with van der Waals surface area (Å²) in [6.45, 7) is -1.57. The van der Waals surface area contributed by atoms with Crippen molar-refractivity contribution >= 4 is 27.5 Å². The Kier molecular flexibility index (Phi) is 5.19. The van der Waals surface area contributed by atoms with Gasteiger partial charge in [0, 0.05) is 10.7 Å². The van der Waals surface area contributed by atoms with Gasteiger partial charge in [0.2, 0.25) is 5.88 Å². The molecule has 1 heterocycles. The monoisotopic (exact) mass is 392 g/mol. The molecule has 23 heavy (non-hydrogen) atoms. The second-order valence-electron chi connectivity index (χ2n) is 4.34. The lowest BCUT2D eigenvalue weighted by Crippen LogP contribution is -2.21. The van der Waals surface area contributed by atoms with Crippen LogP contribution >= 0.6 is 15.9 Å². The fourth-order valence-corrected chi connectivity index (χ4v) is 1.95. The number of pyridine rings is 1. The topological polar surface area (TPSA) is 51.2 Å². The van der Waals surface area contributed by atoms with E-state index in [1.165, 1.54) is 30.5 Å². The van der Waals surface area contributed by atoms with Gasteiger partial charge in [0.05, 0.1) is 5.56 Å². The number of halogens is 5. The molecule has 0 saturated heterocycles. The molecule has 0 spiro atoms. The number of nitrogens with one attached hydrogen (secondary N) is 1. The summed E-state index contributed by atoms with van der Waals surface area (Å²) in [5.74, 6) is -2.01. The highest BCUT2D eigenvalue weighted by atomic mass is 79.9. The Morgan fingerprint density at radius 1 is 1.30 bits per heavy atom. The highest BCUT2D eigenvalue weighted by molar-refractivity contribution is 9.10. The summed E-state index contributed by atoms with van der Waals surface area (Å²) < 4.78 is 55.2. The second-order valence-corrected chi connectivity index (χ2v) is 5.26. The summed E-state index contributed by atoms with van der Waals surface area (Å²) >= 11 is 3.08. The largest absolute Gasteiger partial charge is 0.467 e. The van der Waals surface area contributed by atoms with E-state index in [2.05, 4.69) is 31.0 Å². The zero-order chi connectivity index (χ0) is 17.0. The van der Waals surface area contributed by atoms with E-state index in [1.807, 2.05) is 0 Å². The maximum atomic E-state index is 13.6. The molecule has 0 aliphatic rings. The van der Waals surface area contributed by atoms with E-state index in [4.69, 9.17) is 0 Å². The predicted molar refractivity (Wildman–Crippen MR) is 77.8 cm³/mol. The van der Waals surface area contributed by atoms with Crippen LogP contribution in [0, 0.1) is 5.82 Å². The van der Waals surface area contributed by atoms with Crippen molar-refractivity contribution < 1.29 is 27.1 Å². The SMILES string of the molecule is O=C(Nc1cc(Br)cnc1OCC(F)(F)F)c1ccccc1F. The highest BCUT2D eigenvalue weighted by Crippen LogP contribution is 2.28. The van der Waals surface area contributed by atoms with E-state index in [0.717, 1.165) is 6.07 Å². The van der Waals surface area contributed by atoms with Gasteiger partial charge in [-0.05, 0) is 34.1 Å². The smallest absolute Gasteiger partial charge is 0.422 e. The van der Waals surface area contributed by atoms with Crippen molar-refractivity contribution in [1.82, 2.24) is 4.98 Å². The number of amides is 1. The molecule has 1 aromatic carbocycles. The summed E-state index contributed by atoms with van der Waals surface area (Å²) in [5.41, 5.74) is -0.369. The molecule has 0 radical (unpaired) electrons. The van der Waals surface area contributed by atoms with Crippen molar-refractivity contribution in [3.8, 4) is 5.88 Å². The molecule has 0 saturated carbocycles. The summed E-state index contributed by atoms with van der Waals surface area (Å²) in [6.07, 6.45) is -3.34. The third-order valence-electron chi connectivity index (χ3n) is 2.56. The second kappa shape index (κ2) is 6.95. The van der Waals surface area contributed by atoms with Gasteiger partial charge in [0.15, 0.2) is 6.61 Å². The lowest BCUT2D eigenvalue weighted by Gasteiger charge is -2.13. The maximum Gasteiger partial charge on any atom is 0.422 e. The van der Waals surface area contributed by atoms with Crippen LogP contribution < -0.4 is 10.1 Å². The Labute approximate surface area is 136 Å². The molecule has 0 atom stereocenters. The number of alkyl halides is 3. The number of hydrogen-bond acceptors (Lipinski definition) is 3. The molecule has 1 aromatic heterocycles. The van der Waals surface area contributed by atoms with Gasteiger partial charge in [-0.3, -0.25) is 4.79 Å². The number of anilines is 1. The number of rotatable bonds is 4. The van der Waals surface area contributed by atoms with Gasteiger partial charge in [0.1, 0.15) is 11.5 Å². The standard InChI is InChI=1S/C14H9BrF4N2O2/c15-8-5-11(13(20-6-8)23-7-14(17,18)19)21-12(22)9-3-1-2-4-10(9)16/h1-6H,7H2,(H,21,22). The number of benzene rings is 1. The first-order valence-corrected chi connectivity index (χ1v) is 6.96. The molecule has 0 unspecified atom stereocenters. The minimum Gasteiger partial charge on any atom is -0.467 e. The molecule has 2 rings (SSSR count). The van der Waals surface area contributed by atoms with Crippen molar-refractivity contribution in [2.45, 2.75) is 6.18 Å². The van der Waals surface area contributed by atoms with E-state index < -0.39 is 30.4 Å². The molecule has 9 heteroatoms. The third-order valence-corrected chi connectivity index (χ3v) is 2.99. The average Bonchev–Trinajstić information content (AvgIpc) is 2.45. The zero-order valence-corrected chi connectivity index (χ0v) is 12.9. The Balaban J connectivity index is 2.23. The summed E-state index contributed by atoms with van der Waals surface area (Å²) in [5, 5.41) is 2.28. The molecule has 1 N–H and O–H groups in total. The first-order chi connectivity index (χ1) is 10.8. The van der Waals surface area contributed by atoms with Crippen LogP contribution in [0.25, 0.3) is 0 Å². The molecule has 4 nitrogen and oxygen atoms in total. The van der Waals surface area contributed by atoms with Crippen molar-refractivity contribution in [2.75, 3.05) is 11.9 Å². The first kappa shape index (κ1) is 17.2. The molecular formula is C14H9BrF4N2O2. The van der Waals surface area contributed by atoms with Crippen LogP contribution in [0.2, 0.25) is 0 Å². The molecule has 2 aromatic rings. The van der Waals surface area contributed by atoms with Gasteiger partial charge in [0.25, 0.3) is 5.91 Å². The molecule has 122 valence electrons. The van der Waals surface area contributed by atoms with Crippen LogP contribution in [-0.2, 0) is 0 Å². The van der Waals surface area contributed by atoms with E-state index in [9.17, 15) is 22.4 Å². The van der Waals surface area contributed by atoms with Gasteiger partial charge >= 0.3 is 6.18 Å². The van der Waals surface area contributed by atoms with Gasteiger partial charge in [-0.2, -0.15) is 13.2 Å². The third kappa shape index (κ3) is 4.92. The molecular weight excluding hydrogens is 384 g/mol. The van der Waals surface area contributed by atoms with Crippen LogP contribution in [0.1, 0.15) is 10.4 Å². The van der Waals surface area contributed by atoms with Gasteiger partial charge in [-0.25, -0.2) is 9.37 Å². The fraction of sp³-hybridized carbons (Fsp3) is 0.143. The summed E-state index contributed by atoms with van der Waals surface area (Å²) in [7, 11) is 0. The predicted octanol–water partition coefficient (Wildman–Crippen LogP) is 4.18. The Morgan fingerprint density at radius 2 is 2.00 bits per heavy atom. The Morgan fingerprint density at radius 3 is 2.65 bits per heavy atom. The summed E-state index contributed by atoms with van der Waals surface area (Å²) in [4.78, 5) is 15.7. The molecule has 0 fully saturated rings. The number of carbonyl (C=O) groups is 1. The van der Waals surface area contributed by atoms with Crippen LogP contribution in [0.5, 0.6) is 5.88 Å². The van der Waals surface area contributed by atoms with Crippen molar-refractivity contribution in [3.63, 3.8) is 0 Å². The molecule has 0 bridgehead atoms. The quantitative estimate of drug-likeness (QED) is 0.794. The van der Waals surface area contributed by atoms with E-state index >= 15 is 0 Å². The van der Waals surface area contributed by atoms with Gasteiger partial charge in [-0.15, -0.1) is 0 Å². The average molecular weight is 393 g/mol. The minimum atomic E-state index is -4.55. The van der Waals surface area contributed by atoms with Crippen molar-refractivity contribution in [1.29, 1.82) is 0 Å². The van der Waals surface area contributed by atoms with Gasteiger partial charge in [-0.1, -0.05) is 12.1 Å². The van der Waals surface area contributed by atoms with E-state index in [1.54, 1.807) is 0 Å². The fourth-order valence-electron chi connectivity index (χ4n) is 1.62. The number of aromatic nitrogens is 1. The van der Waals surface area contributed by atoms with Crippen LogP contribution in [0.3, 0.4) is 0 Å². The lowest BCUT2D eigenvalue weighted by molar-refractivity contribution is -0.153. The Hall–Kier alpha value is -2.16. The normalized spacial score (nSPS) is 11.2. The zero-order valence-electron chi connectivity index (χ0n) is 11.3. The van der Waals surface area contributed by atoms with Crippen molar-refractivity contribution in [2.24, 2.45) is 0 Å². The van der Waals surface area contributed by atoms with E-state index in [-0.39, 0.29) is 11.3 Å². The number of ether oxygens (including phenoxy) is 1. The number of hydrogen-bond donors (Lipinski definition) is 1. The number of nitrogens with zero attached hydrogens (tertiary/aromatic N) is 1. The highest BCUT2D eigenvalue weighted by Gasteiger charge is 2.29. The number of carbonyl (C=O) groups excluding carboxylic acids is 1. The van der Waals surface area contributed by atoms with Crippen LogP contribution in [0.4, 0.5) is 23.2 Å². The van der Waals surface area contributed by atoms with Gasteiger partial charge < -0.3 is 10.1 Å². The minimum absolute atomic E-state index is 0.114. The van der Waals surface area contributed by atoms with Crippen molar-refractivity contribution in [3.05, 3.63) is 52.4 Å². The van der Waals surface area contributed by atoms with Crippen LogP contribution in [-0.4, -0.2) is 23.7 Å². The maximum absolute atomic E-state index is 13.6. The Bertz CT molecular complexity index is 722. The molecule has 1 amide bonds. The lowest BCUT2D eigenvalue weighted by atomic mass is 10.2. The summed E-state index contributed by atoms with van der Waals surface area (Å²) in [6, 6.07) is 6.50. The van der Waals surface area contributed by atoms with Crippen LogP contribution in [0.15, 0.2) is 41.0 Å². The van der Waals surface area contributed by atoms with E-state index in [0.29, 0.717) is 4.47 Å².